The number of aliphatic hydroxyl groups is 2. The Balaban J connectivity index is 1.32. The van der Waals surface area contributed by atoms with E-state index in [4.69, 9.17) is 9.47 Å². The van der Waals surface area contributed by atoms with Gasteiger partial charge in [0.2, 0.25) is 0 Å². The number of hydrogen-bond donors (Lipinski definition) is 4. The van der Waals surface area contributed by atoms with E-state index >= 15 is 0 Å². The van der Waals surface area contributed by atoms with Crippen molar-refractivity contribution in [1.29, 1.82) is 0 Å². The van der Waals surface area contributed by atoms with Gasteiger partial charge in [-0.1, -0.05) is 49.2 Å². The Labute approximate surface area is 186 Å². The van der Waals surface area contributed by atoms with Crippen LogP contribution in [-0.4, -0.2) is 61.8 Å². The number of para-hydroxylation sites is 2. The van der Waals surface area contributed by atoms with Crippen LogP contribution in [-0.2, 0) is 0 Å². The summed E-state index contributed by atoms with van der Waals surface area (Å²) in [6.45, 7) is 3.78. The Hall–Kier alpha value is -2.12. The lowest BCUT2D eigenvalue weighted by Crippen LogP contribution is -2.32. The van der Waals surface area contributed by atoms with Crippen LogP contribution in [0.4, 0.5) is 0 Å². The van der Waals surface area contributed by atoms with Gasteiger partial charge in [0, 0.05) is 19.5 Å². The number of hydrogen-bond acceptors (Lipinski definition) is 6. The first-order valence-corrected chi connectivity index (χ1v) is 11.4. The topological polar surface area (TPSA) is 83.0 Å². The van der Waals surface area contributed by atoms with Gasteiger partial charge in [0.05, 0.1) is 12.7 Å². The second-order valence-corrected chi connectivity index (χ2v) is 7.70. The highest BCUT2D eigenvalue weighted by atomic mass is 16.5. The normalized spacial score (nSPS) is 13.0. The van der Waals surface area contributed by atoms with Gasteiger partial charge >= 0.3 is 0 Å². The molecule has 0 saturated carbocycles. The van der Waals surface area contributed by atoms with Gasteiger partial charge in [-0.15, -0.1) is 0 Å². The van der Waals surface area contributed by atoms with Crippen LogP contribution in [0, 0.1) is 0 Å². The quantitative estimate of drug-likeness (QED) is 0.272. The van der Waals surface area contributed by atoms with Crippen LogP contribution in [0.15, 0.2) is 60.7 Å². The third-order valence-electron chi connectivity index (χ3n) is 4.87. The largest absolute Gasteiger partial charge is 0.493 e. The maximum atomic E-state index is 9.99. The Kier molecular flexibility index (Phi) is 13.4. The molecule has 2 atom stereocenters. The van der Waals surface area contributed by atoms with Crippen molar-refractivity contribution in [3.8, 4) is 11.5 Å². The molecule has 0 heterocycles. The summed E-state index contributed by atoms with van der Waals surface area (Å²) in [6.07, 6.45) is 4.22. The molecule has 0 radical (unpaired) electrons. The van der Waals surface area contributed by atoms with Gasteiger partial charge in [-0.05, 0) is 50.2 Å². The summed E-state index contributed by atoms with van der Waals surface area (Å²) < 4.78 is 11.1. The highest BCUT2D eigenvalue weighted by molar-refractivity contribution is 5.21. The number of aliphatic hydroxyl groups excluding tert-OH is 2. The molecular weight excluding hydrogens is 392 g/mol. The van der Waals surface area contributed by atoms with Crippen molar-refractivity contribution in [2.45, 2.75) is 44.3 Å². The standard InChI is InChI=1S/C25H38N2O4/c28-22(15-18-30-24-11-5-3-6-12-24)19-26-16-9-1-2-10-17-27-20-23(29)21-31-25-13-7-4-8-14-25/h3-8,11-14,22-23,26-29H,1-2,9-10,15-21H2/t22-,23+/m1/s1. The van der Waals surface area contributed by atoms with Gasteiger partial charge in [-0.3, -0.25) is 0 Å². The van der Waals surface area contributed by atoms with Crippen molar-refractivity contribution < 1.29 is 19.7 Å². The van der Waals surface area contributed by atoms with Crippen molar-refractivity contribution in [2.24, 2.45) is 0 Å². The Morgan fingerprint density at radius 1 is 0.645 bits per heavy atom. The molecule has 6 nitrogen and oxygen atoms in total. The first-order valence-electron chi connectivity index (χ1n) is 11.4. The van der Waals surface area contributed by atoms with E-state index in [1.807, 2.05) is 60.7 Å². The molecule has 4 N–H and O–H groups in total. The first kappa shape index (κ1) is 25.1. The highest BCUT2D eigenvalue weighted by Gasteiger charge is 2.05. The zero-order chi connectivity index (χ0) is 22.0. The minimum Gasteiger partial charge on any atom is -0.493 e. The number of nitrogens with one attached hydrogen (secondary N) is 2. The molecule has 0 aromatic heterocycles. The Bertz CT molecular complexity index is 657. The smallest absolute Gasteiger partial charge is 0.119 e. The molecule has 0 bridgehead atoms. The molecule has 0 aliphatic rings. The summed E-state index contributed by atoms with van der Waals surface area (Å²) in [7, 11) is 0. The Morgan fingerprint density at radius 2 is 1.16 bits per heavy atom. The van der Waals surface area contributed by atoms with Gasteiger partial charge < -0.3 is 30.3 Å². The van der Waals surface area contributed by atoms with Crippen molar-refractivity contribution >= 4 is 0 Å². The molecule has 0 fully saturated rings. The molecule has 2 aromatic carbocycles. The molecule has 0 aliphatic carbocycles. The van der Waals surface area contributed by atoms with E-state index in [0.29, 0.717) is 32.7 Å². The summed E-state index contributed by atoms with van der Waals surface area (Å²) in [5.74, 6) is 1.62. The number of benzene rings is 2. The van der Waals surface area contributed by atoms with Crippen molar-refractivity contribution in [2.75, 3.05) is 39.4 Å². The van der Waals surface area contributed by atoms with Crippen molar-refractivity contribution in [1.82, 2.24) is 10.6 Å². The van der Waals surface area contributed by atoms with E-state index < -0.39 is 6.10 Å². The monoisotopic (exact) mass is 430 g/mol. The van der Waals surface area contributed by atoms with E-state index in [9.17, 15) is 10.2 Å². The van der Waals surface area contributed by atoms with Gasteiger partial charge in [0.15, 0.2) is 0 Å². The molecule has 31 heavy (non-hydrogen) atoms. The summed E-state index contributed by atoms with van der Waals surface area (Å²) in [6, 6.07) is 19.2. The molecule has 172 valence electrons. The molecule has 0 amide bonds. The third kappa shape index (κ3) is 13.0. The zero-order valence-corrected chi connectivity index (χ0v) is 18.4. The van der Waals surface area contributed by atoms with Crippen LogP contribution in [0.1, 0.15) is 32.1 Å². The average Bonchev–Trinajstić information content (AvgIpc) is 2.80. The summed E-state index contributed by atoms with van der Waals surface area (Å²) in [4.78, 5) is 0. The SMILES string of the molecule is O[C@H](CCOc1ccccc1)CNCCCCCCNC[C@H](O)COc1ccccc1. The van der Waals surface area contributed by atoms with E-state index in [-0.39, 0.29) is 6.10 Å². The highest BCUT2D eigenvalue weighted by Crippen LogP contribution is 2.09. The second-order valence-electron chi connectivity index (χ2n) is 7.70. The summed E-state index contributed by atoms with van der Waals surface area (Å²) in [5, 5.41) is 26.5. The molecule has 0 unspecified atom stereocenters. The van der Waals surface area contributed by atoms with Crippen LogP contribution in [0.5, 0.6) is 11.5 Å². The number of unbranched alkanes of at least 4 members (excludes halogenated alkanes) is 3. The van der Waals surface area contributed by atoms with E-state index in [2.05, 4.69) is 10.6 Å². The molecule has 2 aromatic rings. The average molecular weight is 431 g/mol. The fraction of sp³-hybridized carbons (Fsp3) is 0.520. The molecule has 0 spiro atoms. The number of rotatable bonds is 18. The molecule has 0 aliphatic heterocycles. The van der Waals surface area contributed by atoms with Gasteiger partial charge in [0.1, 0.15) is 24.2 Å². The van der Waals surface area contributed by atoms with Gasteiger partial charge in [-0.25, -0.2) is 0 Å². The van der Waals surface area contributed by atoms with E-state index in [1.165, 1.54) is 0 Å². The first-order chi connectivity index (χ1) is 15.2. The molecular formula is C25H38N2O4. The minimum absolute atomic E-state index is 0.299. The van der Waals surface area contributed by atoms with E-state index in [0.717, 1.165) is 50.3 Å². The lowest BCUT2D eigenvalue weighted by molar-refractivity contribution is 0.106. The van der Waals surface area contributed by atoms with Gasteiger partial charge in [-0.2, -0.15) is 0 Å². The van der Waals surface area contributed by atoms with Gasteiger partial charge in [0.25, 0.3) is 0 Å². The maximum absolute atomic E-state index is 9.99. The lowest BCUT2D eigenvalue weighted by atomic mass is 10.2. The molecule has 0 saturated heterocycles. The fourth-order valence-electron chi connectivity index (χ4n) is 3.09. The van der Waals surface area contributed by atoms with Crippen LogP contribution >= 0.6 is 0 Å². The van der Waals surface area contributed by atoms with Crippen LogP contribution in [0.3, 0.4) is 0 Å². The summed E-state index contributed by atoms with van der Waals surface area (Å²) in [5.41, 5.74) is 0. The Morgan fingerprint density at radius 3 is 1.74 bits per heavy atom. The summed E-state index contributed by atoms with van der Waals surface area (Å²) >= 11 is 0. The second kappa shape index (κ2) is 16.6. The molecule has 2 rings (SSSR count). The van der Waals surface area contributed by atoms with Crippen molar-refractivity contribution in [3.63, 3.8) is 0 Å². The number of ether oxygens (including phenoxy) is 2. The lowest BCUT2D eigenvalue weighted by Gasteiger charge is -2.13. The molecule has 6 heteroatoms. The van der Waals surface area contributed by atoms with Crippen LogP contribution < -0.4 is 20.1 Å². The zero-order valence-electron chi connectivity index (χ0n) is 18.4. The van der Waals surface area contributed by atoms with Crippen molar-refractivity contribution in [3.05, 3.63) is 60.7 Å². The maximum Gasteiger partial charge on any atom is 0.119 e. The van der Waals surface area contributed by atoms with Crippen LogP contribution in [0.25, 0.3) is 0 Å². The third-order valence-corrected chi connectivity index (χ3v) is 4.87. The van der Waals surface area contributed by atoms with E-state index in [1.54, 1.807) is 0 Å². The minimum atomic E-state index is -0.506. The predicted octanol–water partition coefficient (Wildman–Crippen LogP) is 3.00. The van der Waals surface area contributed by atoms with Crippen LogP contribution in [0.2, 0.25) is 0 Å². The fourth-order valence-corrected chi connectivity index (χ4v) is 3.09. The predicted molar refractivity (Wildman–Crippen MR) is 125 cm³/mol.